The van der Waals surface area contributed by atoms with Gasteiger partial charge < -0.3 is 24.3 Å². The number of methoxy groups -OCH3 is 1. The predicted molar refractivity (Wildman–Crippen MR) is 114 cm³/mol. The first-order valence-electron chi connectivity index (χ1n) is 9.96. The number of fused-ring (bicyclic) bond motifs is 1. The summed E-state index contributed by atoms with van der Waals surface area (Å²) < 4.78 is 12.0. The first-order chi connectivity index (χ1) is 14.8. The number of carbonyl (C=O) groups excluding carboxylic acids is 1. The summed E-state index contributed by atoms with van der Waals surface area (Å²) in [5.74, 6) is 1.07. The molecule has 31 heavy (non-hydrogen) atoms. The molecule has 0 bridgehead atoms. The molecule has 11 nitrogen and oxygen atoms in total. The van der Waals surface area contributed by atoms with E-state index in [0.29, 0.717) is 54.7 Å². The number of hydrogen-bond donors (Lipinski definition) is 1. The summed E-state index contributed by atoms with van der Waals surface area (Å²) >= 11 is 0. The highest BCUT2D eigenvalue weighted by Gasteiger charge is 2.28. The van der Waals surface area contributed by atoms with E-state index in [0.717, 1.165) is 0 Å². The molecule has 1 aliphatic rings. The molecular formula is C20H25N7O4. The highest BCUT2D eigenvalue weighted by molar-refractivity contribution is 5.84. The van der Waals surface area contributed by atoms with Gasteiger partial charge in [-0.05, 0) is 26.8 Å². The van der Waals surface area contributed by atoms with Gasteiger partial charge in [-0.2, -0.15) is 0 Å². The van der Waals surface area contributed by atoms with E-state index in [1.165, 1.54) is 18.0 Å². The van der Waals surface area contributed by atoms with E-state index in [4.69, 9.17) is 9.47 Å². The Morgan fingerprint density at radius 3 is 2.45 bits per heavy atom. The van der Waals surface area contributed by atoms with Crippen molar-refractivity contribution in [2.45, 2.75) is 26.4 Å². The van der Waals surface area contributed by atoms with Crippen LogP contribution in [0.15, 0.2) is 29.5 Å². The van der Waals surface area contributed by atoms with Crippen molar-refractivity contribution in [3.8, 4) is 11.6 Å². The molecule has 1 fully saturated rings. The van der Waals surface area contributed by atoms with E-state index in [-0.39, 0.29) is 11.8 Å². The molecule has 11 heteroatoms. The zero-order chi connectivity index (χ0) is 22.2. The first-order valence-corrected chi connectivity index (χ1v) is 9.96. The number of nitrogens with zero attached hydrogens (tertiary/aromatic N) is 6. The number of piperazine rings is 1. The van der Waals surface area contributed by atoms with E-state index < -0.39 is 5.60 Å². The third-order valence-electron chi connectivity index (χ3n) is 4.87. The molecule has 164 valence electrons. The normalized spacial score (nSPS) is 14.7. The second kappa shape index (κ2) is 7.89. The maximum atomic E-state index is 12.7. The summed E-state index contributed by atoms with van der Waals surface area (Å²) in [6.07, 6.45) is 2.65. The van der Waals surface area contributed by atoms with Crippen LogP contribution in [0.4, 0.5) is 10.6 Å². The molecule has 3 aromatic heterocycles. The van der Waals surface area contributed by atoms with Crippen molar-refractivity contribution in [2.24, 2.45) is 0 Å². The van der Waals surface area contributed by atoms with Gasteiger partial charge in [0.2, 0.25) is 5.88 Å². The quantitative estimate of drug-likeness (QED) is 0.669. The number of rotatable bonds is 3. The van der Waals surface area contributed by atoms with Gasteiger partial charge in [-0.1, -0.05) is 0 Å². The van der Waals surface area contributed by atoms with Crippen LogP contribution in [0, 0.1) is 0 Å². The third-order valence-corrected chi connectivity index (χ3v) is 4.87. The van der Waals surface area contributed by atoms with Crippen LogP contribution >= 0.6 is 0 Å². The van der Waals surface area contributed by atoms with Gasteiger partial charge in [-0.15, -0.1) is 0 Å². The average molecular weight is 427 g/mol. The van der Waals surface area contributed by atoms with E-state index in [9.17, 15) is 9.59 Å². The largest absolute Gasteiger partial charge is 0.481 e. The number of nitrogens with one attached hydrogen (secondary N) is 1. The molecule has 1 saturated heterocycles. The third kappa shape index (κ3) is 4.16. The van der Waals surface area contributed by atoms with Crippen molar-refractivity contribution in [3.63, 3.8) is 0 Å². The Morgan fingerprint density at radius 1 is 1.10 bits per heavy atom. The molecule has 0 atom stereocenters. The number of amides is 1. The minimum Gasteiger partial charge on any atom is -0.481 e. The minimum atomic E-state index is -0.536. The lowest BCUT2D eigenvalue weighted by atomic mass is 10.2. The van der Waals surface area contributed by atoms with Gasteiger partial charge >= 0.3 is 11.8 Å². The minimum absolute atomic E-state index is 0.327. The zero-order valence-corrected chi connectivity index (χ0v) is 18.0. The number of pyridine rings is 1. The molecule has 4 rings (SSSR count). The summed E-state index contributed by atoms with van der Waals surface area (Å²) in [4.78, 5) is 44.4. The molecule has 1 aliphatic heterocycles. The second-order valence-electron chi connectivity index (χ2n) is 8.17. The van der Waals surface area contributed by atoms with Crippen molar-refractivity contribution in [2.75, 3.05) is 38.2 Å². The smallest absolute Gasteiger partial charge is 0.410 e. The Labute approximate surface area is 178 Å². The first kappa shape index (κ1) is 20.6. The van der Waals surface area contributed by atoms with Crippen LogP contribution in [0.1, 0.15) is 20.8 Å². The molecular weight excluding hydrogens is 402 g/mol. The lowest BCUT2D eigenvalue weighted by Crippen LogP contribution is -2.50. The maximum absolute atomic E-state index is 12.7. The number of hydrogen-bond acceptors (Lipinski definition) is 8. The average Bonchev–Trinajstić information content (AvgIpc) is 3.08. The van der Waals surface area contributed by atoms with Gasteiger partial charge in [-0.3, -0.25) is 0 Å². The van der Waals surface area contributed by atoms with Crippen molar-refractivity contribution in [1.82, 2.24) is 29.4 Å². The number of carbonyl (C=O) groups is 1. The van der Waals surface area contributed by atoms with Gasteiger partial charge in [0.05, 0.1) is 19.0 Å². The number of imidazole rings is 1. The summed E-state index contributed by atoms with van der Waals surface area (Å²) in [7, 11) is 1.53. The molecule has 0 saturated carbocycles. The molecule has 1 amide bonds. The molecule has 0 unspecified atom stereocenters. The van der Waals surface area contributed by atoms with Crippen molar-refractivity contribution < 1.29 is 14.3 Å². The highest BCUT2D eigenvalue weighted by Crippen LogP contribution is 2.24. The molecule has 0 aliphatic carbocycles. The monoisotopic (exact) mass is 427 g/mol. The van der Waals surface area contributed by atoms with Crippen LogP contribution in [0.2, 0.25) is 0 Å². The Morgan fingerprint density at radius 2 is 1.84 bits per heavy atom. The molecule has 0 aromatic carbocycles. The van der Waals surface area contributed by atoms with Crippen molar-refractivity contribution in [3.05, 3.63) is 35.1 Å². The molecule has 3 aromatic rings. The van der Waals surface area contributed by atoms with Crippen LogP contribution in [0.5, 0.6) is 5.88 Å². The lowest BCUT2D eigenvalue weighted by Gasteiger charge is -2.36. The summed E-state index contributed by atoms with van der Waals surface area (Å²) in [5, 5.41) is 0. The van der Waals surface area contributed by atoms with Gasteiger partial charge in [-0.25, -0.2) is 29.1 Å². The maximum Gasteiger partial charge on any atom is 0.410 e. The SMILES string of the molecule is COc1ccc(-n2c(=O)[nH]c3c(N4CCN(C(=O)OC(C)(C)C)CC4)ncnc32)cn1. The fourth-order valence-corrected chi connectivity index (χ4v) is 3.44. The topological polar surface area (TPSA) is 118 Å². The summed E-state index contributed by atoms with van der Waals surface area (Å²) in [6.45, 7) is 7.64. The number of ether oxygens (including phenoxy) is 2. The number of H-pyrrole nitrogens is 1. The van der Waals surface area contributed by atoms with Crippen LogP contribution < -0.4 is 15.3 Å². The lowest BCUT2D eigenvalue weighted by molar-refractivity contribution is 0.0240. The highest BCUT2D eigenvalue weighted by atomic mass is 16.6. The van der Waals surface area contributed by atoms with Crippen LogP contribution in [-0.4, -0.2) is 74.4 Å². The van der Waals surface area contributed by atoms with E-state index in [2.05, 4.69) is 19.9 Å². The summed E-state index contributed by atoms with van der Waals surface area (Å²) in [5.41, 5.74) is 0.685. The van der Waals surface area contributed by atoms with Crippen LogP contribution in [0.25, 0.3) is 16.9 Å². The Hall–Kier alpha value is -3.63. The van der Waals surface area contributed by atoms with E-state index in [1.807, 2.05) is 25.7 Å². The van der Waals surface area contributed by atoms with Crippen LogP contribution in [0.3, 0.4) is 0 Å². The molecule has 0 radical (unpaired) electrons. The van der Waals surface area contributed by atoms with Gasteiger partial charge in [0, 0.05) is 32.2 Å². The second-order valence-corrected chi connectivity index (χ2v) is 8.17. The summed E-state index contributed by atoms with van der Waals surface area (Å²) in [6, 6.07) is 3.42. The fourth-order valence-electron chi connectivity index (χ4n) is 3.44. The predicted octanol–water partition coefficient (Wildman–Crippen LogP) is 1.57. The number of aromatic amines is 1. The molecule has 0 spiro atoms. The standard InChI is InChI=1S/C20H25N7O4/c1-20(2,3)31-19(29)26-9-7-25(8-10-26)16-15-17(23-12-22-16)27(18(28)24-15)13-5-6-14(30-4)21-11-13/h5-6,11-12H,7-10H2,1-4H3,(H,24,28). The number of anilines is 1. The van der Waals surface area contributed by atoms with E-state index >= 15 is 0 Å². The van der Waals surface area contributed by atoms with Gasteiger partial charge in [0.1, 0.15) is 17.4 Å². The Balaban J connectivity index is 1.59. The van der Waals surface area contributed by atoms with Crippen molar-refractivity contribution >= 4 is 23.1 Å². The van der Waals surface area contributed by atoms with Gasteiger partial charge in [0.25, 0.3) is 0 Å². The van der Waals surface area contributed by atoms with E-state index in [1.54, 1.807) is 23.2 Å². The zero-order valence-electron chi connectivity index (χ0n) is 18.0. The van der Waals surface area contributed by atoms with Gasteiger partial charge in [0.15, 0.2) is 11.5 Å². The number of aromatic nitrogens is 5. The Kier molecular flexibility index (Phi) is 5.25. The van der Waals surface area contributed by atoms with Crippen molar-refractivity contribution in [1.29, 1.82) is 0 Å². The Bertz CT molecular complexity index is 1140. The fraction of sp³-hybridized carbons (Fsp3) is 0.450. The molecule has 4 heterocycles. The van der Waals surface area contributed by atoms with Crippen LogP contribution in [-0.2, 0) is 4.74 Å². The molecule has 1 N–H and O–H groups in total.